The van der Waals surface area contributed by atoms with Gasteiger partial charge in [-0.15, -0.1) is 0 Å². The van der Waals surface area contributed by atoms with Gasteiger partial charge in [-0.3, -0.25) is 0 Å². The molecular formula is C38H30N2. The normalized spacial score (nSPS) is 20.1. The fourth-order valence-electron chi connectivity index (χ4n) is 7.52. The van der Waals surface area contributed by atoms with Crippen molar-refractivity contribution in [3.63, 3.8) is 0 Å². The first-order valence-electron chi connectivity index (χ1n) is 14.0. The van der Waals surface area contributed by atoms with Crippen LogP contribution >= 0.6 is 0 Å². The summed E-state index contributed by atoms with van der Waals surface area (Å²) in [5.41, 5.74) is 12.4. The van der Waals surface area contributed by atoms with Crippen LogP contribution < -0.4 is 0 Å². The minimum absolute atomic E-state index is 0.0419. The number of hydrogen-bond acceptors (Lipinski definition) is 2. The van der Waals surface area contributed by atoms with Crippen LogP contribution in [0.2, 0.25) is 0 Å². The lowest BCUT2D eigenvalue weighted by Gasteiger charge is -2.29. The molecule has 40 heavy (non-hydrogen) atoms. The smallest absolute Gasteiger partial charge is 0.0998 e. The second-order valence-electron chi connectivity index (χ2n) is 12.4. The molecule has 0 aliphatic heterocycles. The highest BCUT2D eigenvalue weighted by atomic mass is 14.5. The minimum Gasteiger partial charge on any atom is -0.192 e. The zero-order chi connectivity index (χ0) is 27.8. The van der Waals surface area contributed by atoms with E-state index in [0.29, 0.717) is 23.0 Å². The predicted octanol–water partition coefficient (Wildman–Crippen LogP) is 9.19. The molecule has 0 spiro atoms. The van der Waals surface area contributed by atoms with Gasteiger partial charge in [0.15, 0.2) is 0 Å². The Balaban J connectivity index is 1.36. The highest BCUT2D eigenvalue weighted by Gasteiger charge is 2.44. The standard InChI is InChI=1S/C38H30N2/c1-37(2)33-11-7-5-9-27(33)31-17-23(13-15-35(31)37)29-19-26(22-40)30(20-25(29)21-39)24-14-16-36-32(18-24)28-10-6-8-12-34(28)38(36,3)4/h5-20,27,33H,1-4H3. The van der Waals surface area contributed by atoms with Gasteiger partial charge in [-0.25, -0.2) is 0 Å². The molecule has 0 bridgehead atoms. The van der Waals surface area contributed by atoms with E-state index in [0.717, 1.165) is 22.3 Å². The van der Waals surface area contributed by atoms with Crippen molar-refractivity contribution in [1.29, 1.82) is 10.5 Å². The van der Waals surface area contributed by atoms with Crippen LogP contribution in [0.1, 0.15) is 67.0 Å². The van der Waals surface area contributed by atoms with Gasteiger partial charge in [0, 0.05) is 22.5 Å². The molecule has 192 valence electrons. The van der Waals surface area contributed by atoms with Gasteiger partial charge in [0.2, 0.25) is 0 Å². The predicted molar refractivity (Wildman–Crippen MR) is 162 cm³/mol. The van der Waals surface area contributed by atoms with Crippen molar-refractivity contribution in [2.75, 3.05) is 0 Å². The number of nitriles is 2. The Morgan fingerprint density at radius 2 is 1.20 bits per heavy atom. The molecule has 0 aromatic heterocycles. The number of rotatable bonds is 2. The summed E-state index contributed by atoms with van der Waals surface area (Å²) >= 11 is 0. The van der Waals surface area contributed by atoms with Crippen LogP contribution in [-0.2, 0) is 10.8 Å². The molecule has 2 nitrogen and oxygen atoms in total. The van der Waals surface area contributed by atoms with Gasteiger partial charge in [0.05, 0.1) is 23.3 Å². The van der Waals surface area contributed by atoms with E-state index >= 15 is 0 Å². The number of nitrogens with zero attached hydrogens (tertiary/aromatic N) is 2. The minimum atomic E-state index is -0.0748. The van der Waals surface area contributed by atoms with Crippen molar-refractivity contribution in [3.8, 4) is 45.5 Å². The van der Waals surface area contributed by atoms with E-state index < -0.39 is 0 Å². The highest BCUT2D eigenvalue weighted by molar-refractivity contribution is 5.87. The quantitative estimate of drug-likeness (QED) is 0.268. The van der Waals surface area contributed by atoms with Gasteiger partial charge < -0.3 is 0 Å². The molecule has 3 aliphatic rings. The third-order valence-electron chi connectivity index (χ3n) is 9.68. The van der Waals surface area contributed by atoms with Crippen molar-refractivity contribution < 1.29 is 0 Å². The highest BCUT2D eigenvalue weighted by Crippen LogP contribution is 2.54. The van der Waals surface area contributed by atoms with Crippen LogP contribution in [0.5, 0.6) is 0 Å². The second-order valence-corrected chi connectivity index (χ2v) is 12.4. The summed E-state index contributed by atoms with van der Waals surface area (Å²) in [6, 6.07) is 30.3. The van der Waals surface area contributed by atoms with Crippen LogP contribution in [0.3, 0.4) is 0 Å². The number of benzene rings is 4. The lowest BCUT2D eigenvalue weighted by molar-refractivity contribution is 0.394. The van der Waals surface area contributed by atoms with E-state index in [1.807, 2.05) is 12.1 Å². The van der Waals surface area contributed by atoms with E-state index in [9.17, 15) is 10.5 Å². The van der Waals surface area contributed by atoms with Gasteiger partial charge in [0.25, 0.3) is 0 Å². The summed E-state index contributed by atoms with van der Waals surface area (Å²) < 4.78 is 0. The van der Waals surface area contributed by atoms with Crippen molar-refractivity contribution in [2.24, 2.45) is 5.92 Å². The van der Waals surface area contributed by atoms with Crippen molar-refractivity contribution >= 4 is 0 Å². The Morgan fingerprint density at radius 3 is 1.90 bits per heavy atom. The molecule has 0 amide bonds. The Kier molecular flexibility index (Phi) is 5.13. The lowest BCUT2D eigenvalue weighted by atomic mass is 9.74. The maximum atomic E-state index is 10.3. The van der Waals surface area contributed by atoms with E-state index in [-0.39, 0.29) is 10.8 Å². The molecular weight excluding hydrogens is 484 g/mol. The number of allylic oxidation sites excluding steroid dienone is 4. The SMILES string of the molecule is CC1(C)c2ccccc2-c2cc(-c3cc(C#N)c(-c4ccc5c(c4)C4C=CC=CC4C5(C)C)cc3C#N)ccc21. The molecule has 3 aliphatic carbocycles. The summed E-state index contributed by atoms with van der Waals surface area (Å²) in [5.74, 6) is 0.749. The van der Waals surface area contributed by atoms with Crippen LogP contribution in [0.4, 0.5) is 0 Å². The first-order chi connectivity index (χ1) is 19.3. The fraction of sp³-hybridized carbons (Fsp3) is 0.211. The number of fused-ring (bicyclic) bond motifs is 6. The zero-order valence-corrected chi connectivity index (χ0v) is 23.3. The van der Waals surface area contributed by atoms with Crippen LogP contribution in [0.15, 0.2) is 97.1 Å². The molecule has 2 unspecified atom stereocenters. The summed E-state index contributed by atoms with van der Waals surface area (Å²) in [6.45, 7) is 9.16. The number of hydrogen-bond donors (Lipinski definition) is 0. The van der Waals surface area contributed by atoms with E-state index in [1.165, 1.54) is 33.4 Å². The molecule has 4 aromatic rings. The van der Waals surface area contributed by atoms with Gasteiger partial charge in [0.1, 0.15) is 0 Å². The Morgan fingerprint density at radius 1 is 0.600 bits per heavy atom. The molecule has 0 saturated carbocycles. The third kappa shape index (κ3) is 3.27. The second kappa shape index (κ2) is 8.42. The molecule has 7 rings (SSSR count). The lowest BCUT2D eigenvalue weighted by Crippen LogP contribution is -2.24. The molecule has 2 heteroatoms. The maximum Gasteiger partial charge on any atom is 0.0998 e. The maximum absolute atomic E-state index is 10.3. The molecule has 0 N–H and O–H groups in total. The average molecular weight is 515 g/mol. The van der Waals surface area contributed by atoms with Crippen molar-refractivity contribution in [1.82, 2.24) is 0 Å². The molecule has 0 saturated heterocycles. The Labute approximate surface area is 236 Å². The Bertz CT molecular complexity index is 1880. The molecule has 4 aromatic carbocycles. The molecule has 0 radical (unpaired) electrons. The topological polar surface area (TPSA) is 47.6 Å². The van der Waals surface area contributed by atoms with Crippen LogP contribution in [-0.4, -0.2) is 0 Å². The van der Waals surface area contributed by atoms with E-state index in [1.54, 1.807) is 0 Å². The summed E-state index contributed by atoms with van der Waals surface area (Å²) in [7, 11) is 0. The van der Waals surface area contributed by atoms with E-state index in [2.05, 4.69) is 125 Å². The monoisotopic (exact) mass is 514 g/mol. The summed E-state index contributed by atoms with van der Waals surface area (Å²) in [4.78, 5) is 0. The first kappa shape index (κ1) is 24.4. The third-order valence-corrected chi connectivity index (χ3v) is 9.68. The Hall–Kier alpha value is -4.66. The van der Waals surface area contributed by atoms with Crippen LogP contribution in [0, 0.1) is 28.6 Å². The molecule has 0 heterocycles. The van der Waals surface area contributed by atoms with Crippen LogP contribution in [0.25, 0.3) is 33.4 Å². The average Bonchev–Trinajstić information content (AvgIpc) is 3.35. The van der Waals surface area contributed by atoms with Crippen molar-refractivity contribution in [3.05, 3.63) is 130 Å². The van der Waals surface area contributed by atoms with Gasteiger partial charge in [-0.2, -0.15) is 10.5 Å². The van der Waals surface area contributed by atoms with E-state index in [4.69, 9.17) is 0 Å². The first-order valence-corrected chi connectivity index (χ1v) is 14.0. The summed E-state index contributed by atoms with van der Waals surface area (Å²) in [5, 5.41) is 20.6. The van der Waals surface area contributed by atoms with Gasteiger partial charge in [-0.05, 0) is 74.0 Å². The van der Waals surface area contributed by atoms with Gasteiger partial charge in [-0.1, -0.05) is 107 Å². The summed E-state index contributed by atoms with van der Waals surface area (Å²) in [6.07, 6.45) is 8.91. The fourth-order valence-corrected chi connectivity index (χ4v) is 7.52. The molecule has 0 fully saturated rings. The van der Waals surface area contributed by atoms with Gasteiger partial charge >= 0.3 is 0 Å². The largest absolute Gasteiger partial charge is 0.192 e. The molecule has 2 atom stereocenters. The zero-order valence-electron chi connectivity index (χ0n) is 23.3. The van der Waals surface area contributed by atoms with Crippen molar-refractivity contribution in [2.45, 2.75) is 44.4 Å².